The molecule has 0 atom stereocenters. The lowest BCUT2D eigenvalue weighted by Crippen LogP contribution is -2.36. The van der Waals surface area contributed by atoms with Gasteiger partial charge in [0, 0.05) is 36.1 Å². The third-order valence-corrected chi connectivity index (χ3v) is 5.28. The zero-order chi connectivity index (χ0) is 20.9. The number of carbonyl (C=O) groups excluding carboxylic acids is 2. The molecule has 1 saturated heterocycles. The Kier molecular flexibility index (Phi) is 6.05. The van der Waals surface area contributed by atoms with Crippen LogP contribution in [-0.2, 0) is 0 Å². The van der Waals surface area contributed by atoms with Crippen molar-refractivity contribution in [3.05, 3.63) is 77.1 Å². The van der Waals surface area contributed by atoms with Crippen molar-refractivity contribution in [2.45, 2.75) is 19.3 Å². The second-order valence-corrected chi connectivity index (χ2v) is 7.59. The topological polar surface area (TPSA) is 75.2 Å². The Morgan fingerprint density at radius 3 is 2.33 bits per heavy atom. The Labute approximate surface area is 179 Å². The molecule has 3 aromatic rings. The molecule has 0 saturated carbocycles. The van der Waals surface area contributed by atoms with E-state index in [-0.39, 0.29) is 5.91 Å². The molecule has 0 radical (unpaired) electrons. The molecule has 1 aliphatic heterocycles. The number of rotatable bonds is 4. The van der Waals surface area contributed by atoms with Gasteiger partial charge in [0.15, 0.2) is 5.82 Å². The maximum atomic E-state index is 13.0. The summed E-state index contributed by atoms with van der Waals surface area (Å²) in [6.07, 6.45) is 6.06. The van der Waals surface area contributed by atoms with Crippen molar-refractivity contribution < 1.29 is 9.59 Å². The lowest BCUT2D eigenvalue weighted by Gasteiger charge is -2.27. The average molecular weight is 421 g/mol. The number of halogens is 1. The minimum absolute atomic E-state index is 0.0997. The van der Waals surface area contributed by atoms with E-state index in [0.29, 0.717) is 27.7 Å². The Morgan fingerprint density at radius 1 is 0.933 bits per heavy atom. The van der Waals surface area contributed by atoms with E-state index in [1.807, 2.05) is 35.2 Å². The highest BCUT2D eigenvalue weighted by Crippen LogP contribution is 2.25. The fourth-order valence-corrected chi connectivity index (χ4v) is 3.62. The van der Waals surface area contributed by atoms with E-state index in [1.54, 1.807) is 18.2 Å². The largest absolute Gasteiger partial charge is 0.339 e. The van der Waals surface area contributed by atoms with Gasteiger partial charge >= 0.3 is 0 Å². The summed E-state index contributed by atoms with van der Waals surface area (Å²) in [6.45, 7) is 1.45. The molecular formula is C23H21ClN4O2. The van der Waals surface area contributed by atoms with Crippen molar-refractivity contribution >= 4 is 29.1 Å². The second kappa shape index (κ2) is 9.05. The summed E-state index contributed by atoms with van der Waals surface area (Å²) in [5.74, 6) is 0.0396. The average Bonchev–Trinajstić information content (AvgIpc) is 2.80. The molecule has 152 valence electrons. The first-order chi connectivity index (χ1) is 14.6. The van der Waals surface area contributed by atoms with Gasteiger partial charge in [0.25, 0.3) is 11.8 Å². The summed E-state index contributed by atoms with van der Waals surface area (Å²) in [6, 6.07) is 14.4. The molecule has 6 nitrogen and oxygen atoms in total. The van der Waals surface area contributed by atoms with Gasteiger partial charge in [-0.25, -0.2) is 9.97 Å². The number of nitrogens with zero attached hydrogens (tertiary/aromatic N) is 3. The highest BCUT2D eigenvalue weighted by Gasteiger charge is 2.22. The summed E-state index contributed by atoms with van der Waals surface area (Å²) >= 11 is 6.12. The summed E-state index contributed by atoms with van der Waals surface area (Å²) in [4.78, 5) is 36.1. The van der Waals surface area contributed by atoms with Crippen LogP contribution in [0.4, 0.5) is 5.69 Å². The van der Waals surface area contributed by atoms with Gasteiger partial charge < -0.3 is 10.2 Å². The molecule has 0 spiro atoms. The van der Waals surface area contributed by atoms with E-state index in [2.05, 4.69) is 15.3 Å². The molecule has 1 fully saturated rings. The van der Waals surface area contributed by atoms with Crippen LogP contribution in [0.2, 0.25) is 5.02 Å². The molecule has 0 unspecified atom stereocenters. The van der Waals surface area contributed by atoms with Crippen molar-refractivity contribution in [1.29, 1.82) is 0 Å². The quantitative estimate of drug-likeness (QED) is 0.665. The number of benzene rings is 2. The predicted octanol–water partition coefficient (Wildman–Crippen LogP) is 4.68. The van der Waals surface area contributed by atoms with Gasteiger partial charge in [0.1, 0.15) is 0 Å². The van der Waals surface area contributed by atoms with Crippen LogP contribution in [0.5, 0.6) is 0 Å². The third-order valence-electron chi connectivity index (χ3n) is 5.05. The van der Waals surface area contributed by atoms with Gasteiger partial charge in [-0.2, -0.15) is 0 Å². The van der Waals surface area contributed by atoms with Crippen molar-refractivity contribution in [2.75, 3.05) is 18.4 Å². The Hall–Kier alpha value is -3.25. The van der Waals surface area contributed by atoms with E-state index < -0.39 is 5.91 Å². The molecular weight excluding hydrogens is 400 g/mol. The summed E-state index contributed by atoms with van der Waals surface area (Å²) < 4.78 is 0. The molecule has 0 bridgehead atoms. The van der Waals surface area contributed by atoms with Gasteiger partial charge in [0.05, 0.1) is 16.8 Å². The van der Waals surface area contributed by atoms with Crippen LogP contribution in [-0.4, -0.2) is 39.8 Å². The predicted molar refractivity (Wildman–Crippen MR) is 117 cm³/mol. The number of aromatic nitrogens is 2. The molecule has 30 heavy (non-hydrogen) atoms. The number of piperidine rings is 1. The lowest BCUT2D eigenvalue weighted by molar-refractivity contribution is 0.0725. The Balaban J connectivity index is 1.54. The minimum Gasteiger partial charge on any atom is -0.339 e. The van der Waals surface area contributed by atoms with Crippen LogP contribution in [0.3, 0.4) is 0 Å². The van der Waals surface area contributed by atoms with Crippen molar-refractivity contribution in [1.82, 2.24) is 14.9 Å². The minimum atomic E-state index is -0.399. The van der Waals surface area contributed by atoms with Gasteiger partial charge in [0.2, 0.25) is 0 Å². The molecule has 7 heteroatoms. The summed E-state index contributed by atoms with van der Waals surface area (Å²) in [7, 11) is 0. The highest BCUT2D eigenvalue weighted by atomic mass is 35.5. The first kappa shape index (κ1) is 20.0. The fraction of sp³-hybridized carbons (Fsp3) is 0.217. The SMILES string of the molecule is O=C(Nc1cc(Cl)ccc1C(=O)N1CCCCC1)c1cnc(-c2ccccc2)nc1. The third kappa shape index (κ3) is 4.49. The maximum absolute atomic E-state index is 13.0. The number of hydrogen-bond acceptors (Lipinski definition) is 4. The number of anilines is 1. The van der Waals surface area contributed by atoms with Crippen LogP contribution in [0.25, 0.3) is 11.4 Å². The smallest absolute Gasteiger partial charge is 0.258 e. The van der Waals surface area contributed by atoms with Crippen LogP contribution in [0, 0.1) is 0 Å². The molecule has 1 aliphatic rings. The number of amides is 2. The van der Waals surface area contributed by atoms with Crippen LogP contribution >= 0.6 is 11.6 Å². The zero-order valence-electron chi connectivity index (χ0n) is 16.3. The number of hydrogen-bond donors (Lipinski definition) is 1. The van der Waals surface area contributed by atoms with E-state index in [1.165, 1.54) is 12.4 Å². The van der Waals surface area contributed by atoms with Crippen LogP contribution < -0.4 is 5.32 Å². The summed E-state index contributed by atoms with van der Waals surface area (Å²) in [5, 5.41) is 3.24. The van der Waals surface area contributed by atoms with E-state index in [0.717, 1.165) is 37.9 Å². The van der Waals surface area contributed by atoms with E-state index in [9.17, 15) is 9.59 Å². The Morgan fingerprint density at radius 2 is 1.63 bits per heavy atom. The molecule has 0 aliphatic carbocycles. The van der Waals surface area contributed by atoms with Crippen LogP contribution in [0.1, 0.15) is 40.0 Å². The van der Waals surface area contributed by atoms with Crippen molar-refractivity contribution in [3.63, 3.8) is 0 Å². The standard InChI is InChI=1S/C23H21ClN4O2/c24-18-9-10-19(23(30)28-11-5-2-6-12-28)20(13-18)27-22(29)17-14-25-21(26-15-17)16-7-3-1-4-8-16/h1,3-4,7-10,13-15H,2,5-6,11-12H2,(H,27,29). The lowest BCUT2D eigenvalue weighted by atomic mass is 10.1. The fourth-order valence-electron chi connectivity index (χ4n) is 3.45. The van der Waals surface area contributed by atoms with E-state index in [4.69, 9.17) is 11.6 Å². The molecule has 1 N–H and O–H groups in total. The highest BCUT2D eigenvalue weighted by molar-refractivity contribution is 6.31. The van der Waals surface area contributed by atoms with Crippen molar-refractivity contribution in [2.24, 2.45) is 0 Å². The van der Waals surface area contributed by atoms with Gasteiger partial charge in [-0.05, 0) is 37.5 Å². The van der Waals surface area contributed by atoms with Gasteiger partial charge in [-0.3, -0.25) is 9.59 Å². The monoisotopic (exact) mass is 420 g/mol. The molecule has 2 amide bonds. The maximum Gasteiger partial charge on any atom is 0.258 e. The number of carbonyl (C=O) groups is 2. The zero-order valence-corrected chi connectivity index (χ0v) is 17.1. The van der Waals surface area contributed by atoms with Gasteiger partial charge in [-0.15, -0.1) is 0 Å². The first-order valence-corrected chi connectivity index (χ1v) is 10.3. The molecule has 4 rings (SSSR count). The first-order valence-electron chi connectivity index (χ1n) is 9.89. The molecule has 1 aromatic heterocycles. The van der Waals surface area contributed by atoms with Crippen molar-refractivity contribution in [3.8, 4) is 11.4 Å². The van der Waals surface area contributed by atoms with E-state index >= 15 is 0 Å². The normalized spacial score (nSPS) is 13.7. The number of nitrogens with one attached hydrogen (secondary N) is 1. The molecule has 2 aromatic carbocycles. The Bertz CT molecular complexity index is 1050. The van der Waals surface area contributed by atoms with Gasteiger partial charge in [-0.1, -0.05) is 41.9 Å². The van der Waals surface area contributed by atoms with Crippen LogP contribution in [0.15, 0.2) is 60.9 Å². The summed E-state index contributed by atoms with van der Waals surface area (Å²) in [5.41, 5.74) is 1.98. The second-order valence-electron chi connectivity index (χ2n) is 7.16. The molecule has 2 heterocycles. The number of likely N-dealkylation sites (tertiary alicyclic amines) is 1.